The number of hydrazone groups is 1. The molecule has 0 saturated heterocycles. The van der Waals surface area contributed by atoms with Gasteiger partial charge < -0.3 is 5.32 Å². The molecule has 3 aromatic rings. The fraction of sp³-hybridized carbons (Fsp3) is 0.310. The number of hydrogen-bond donors (Lipinski definition) is 1. The summed E-state index contributed by atoms with van der Waals surface area (Å²) >= 11 is 0. The zero-order chi connectivity index (χ0) is 23.5. The van der Waals surface area contributed by atoms with Gasteiger partial charge in [0, 0.05) is 11.6 Å². The maximum atomic E-state index is 13.6. The summed E-state index contributed by atoms with van der Waals surface area (Å²) in [5, 5.41) is 9.81. The van der Waals surface area contributed by atoms with Gasteiger partial charge in [-0.2, -0.15) is 5.10 Å². The van der Waals surface area contributed by atoms with Gasteiger partial charge in [-0.3, -0.25) is 0 Å². The van der Waals surface area contributed by atoms with E-state index in [1.165, 1.54) is 11.1 Å². The number of amides is 2. The molecule has 3 aromatic carbocycles. The summed E-state index contributed by atoms with van der Waals surface area (Å²) in [6.07, 6.45) is 1.70. The summed E-state index contributed by atoms with van der Waals surface area (Å²) < 4.78 is 0. The Kier molecular flexibility index (Phi) is 6.37. The van der Waals surface area contributed by atoms with Crippen LogP contribution in [0.4, 0.5) is 4.79 Å². The molecule has 0 saturated carbocycles. The van der Waals surface area contributed by atoms with Crippen LogP contribution in [-0.4, -0.2) is 22.3 Å². The van der Waals surface area contributed by atoms with Crippen molar-refractivity contribution in [2.24, 2.45) is 5.10 Å². The van der Waals surface area contributed by atoms with E-state index in [1.807, 2.05) is 56.3 Å². The molecule has 1 atom stereocenters. The topological polar surface area (TPSA) is 44.7 Å². The summed E-state index contributed by atoms with van der Waals surface area (Å²) in [6, 6.07) is 30.7. The fourth-order valence-electron chi connectivity index (χ4n) is 4.76. The average molecular weight is 440 g/mol. The summed E-state index contributed by atoms with van der Waals surface area (Å²) in [6.45, 7) is 8.27. The van der Waals surface area contributed by atoms with Crippen molar-refractivity contribution in [1.82, 2.24) is 10.3 Å². The highest BCUT2D eigenvalue weighted by Crippen LogP contribution is 2.41. The first kappa shape index (κ1) is 22.8. The zero-order valence-corrected chi connectivity index (χ0v) is 20.0. The Labute approximate surface area is 197 Å². The third kappa shape index (κ3) is 4.85. The molecule has 0 aliphatic carbocycles. The second-order valence-corrected chi connectivity index (χ2v) is 9.81. The van der Waals surface area contributed by atoms with E-state index >= 15 is 0 Å². The molecule has 1 N–H and O–H groups in total. The minimum Gasteiger partial charge on any atom is -0.328 e. The number of urea groups is 1. The predicted molar refractivity (Wildman–Crippen MR) is 135 cm³/mol. The van der Waals surface area contributed by atoms with Crippen molar-refractivity contribution in [2.45, 2.75) is 57.5 Å². The van der Waals surface area contributed by atoms with Crippen molar-refractivity contribution in [3.8, 4) is 0 Å². The highest BCUT2D eigenvalue weighted by atomic mass is 16.2. The van der Waals surface area contributed by atoms with E-state index in [9.17, 15) is 4.79 Å². The number of nitrogens with zero attached hydrogens (tertiary/aromatic N) is 2. The summed E-state index contributed by atoms with van der Waals surface area (Å²) in [4.78, 5) is 13.6. The maximum Gasteiger partial charge on any atom is 0.339 e. The smallest absolute Gasteiger partial charge is 0.328 e. The van der Waals surface area contributed by atoms with Gasteiger partial charge in [-0.15, -0.1) is 0 Å². The van der Waals surface area contributed by atoms with Crippen LogP contribution < -0.4 is 5.32 Å². The second kappa shape index (κ2) is 9.22. The van der Waals surface area contributed by atoms with Gasteiger partial charge in [0.25, 0.3) is 0 Å². The van der Waals surface area contributed by atoms with E-state index in [-0.39, 0.29) is 11.9 Å². The van der Waals surface area contributed by atoms with Crippen LogP contribution in [0.5, 0.6) is 0 Å². The van der Waals surface area contributed by atoms with Crippen LogP contribution in [0.3, 0.4) is 0 Å². The van der Waals surface area contributed by atoms with E-state index in [1.54, 1.807) is 5.01 Å². The largest absolute Gasteiger partial charge is 0.339 e. The number of nitrogens with one attached hydrogen (secondary N) is 1. The van der Waals surface area contributed by atoms with Crippen molar-refractivity contribution in [1.29, 1.82) is 0 Å². The van der Waals surface area contributed by atoms with Gasteiger partial charge in [-0.1, -0.05) is 91.0 Å². The van der Waals surface area contributed by atoms with E-state index in [4.69, 9.17) is 5.10 Å². The first-order valence-electron chi connectivity index (χ1n) is 11.6. The van der Waals surface area contributed by atoms with Gasteiger partial charge in [0.1, 0.15) is 0 Å². The van der Waals surface area contributed by atoms with Crippen molar-refractivity contribution in [2.75, 3.05) is 0 Å². The lowest BCUT2D eigenvalue weighted by Crippen LogP contribution is -2.53. The zero-order valence-electron chi connectivity index (χ0n) is 20.0. The van der Waals surface area contributed by atoms with Crippen LogP contribution in [0.25, 0.3) is 0 Å². The standard InChI is InChI=1S/C29H33N3O/c1-28(2,24-18-12-7-13-19-24)30-27(33)32-29(3,4)26(23-16-10-6-11-17-23)25(31-32)21-20-22-14-8-5-9-15-22/h5-19,26H,20-21H2,1-4H3,(H,30,33). The molecule has 33 heavy (non-hydrogen) atoms. The number of rotatable bonds is 6. The molecule has 0 radical (unpaired) electrons. The number of carbonyl (C=O) groups excluding carboxylic acids is 1. The molecule has 0 spiro atoms. The summed E-state index contributed by atoms with van der Waals surface area (Å²) in [5.74, 6) is 0.0352. The van der Waals surface area contributed by atoms with Crippen LogP contribution in [0.2, 0.25) is 0 Å². The lowest BCUT2D eigenvalue weighted by molar-refractivity contribution is 0.138. The molecule has 0 fully saturated rings. The van der Waals surface area contributed by atoms with Gasteiger partial charge in [-0.05, 0) is 57.2 Å². The summed E-state index contributed by atoms with van der Waals surface area (Å²) in [5.41, 5.74) is 3.55. The van der Waals surface area contributed by atoms with E-state index in [0.29, 0.717) is 0 Å². The van der Waals surface area contributed by atoms with Gasteiger partial charge in [0.2, 0.25) is 0 Å². The van der Waals surface area contributed by atoms with Gasteiger partial charge in [-0.25, -0.2) is 9.80 Å². The Bertz CT molecular complexity index is 1110. The van der Waals surface area contributed by atoms with Gasteiger partial charge in [0.05, 0.1) is 11.1 Å². The SMILES string of the molecule is CC(C)(NC(=O)N1N=C(CCc2ccccc2)C(c2ccccc2)C1(C)C)c1ccccc1. The molecule has 4 rings (SSSR count). The van der Waals surface area contributed by atoms with Crippen molar-refractivity contribution < 1.29 is 4.79 Å². The van der Waals surface area contributed by atoms with Crippen LogP contribution in [0.15, 0.2) is 96.1 Å². The van der Waals surface area contributed by atoms with Crippen LogP contribution in [-0.2, 0) is 12.0 Å². The van der Waals surface area contributed by atoms with Gasteiger partial charge >= 0.3 is 6.03 Å². The molecule has 1 aliphatic heterocycles. The van der Waals surface area contributed by atoms with E-state index in [2.05, 4.69) is 67.7 Å². The quantitative estimate of drug-likeness (QED) is 0.468. The third-order valence-corrected chi connectivity index (χ3v) is 6.57. The number of benzene rings is 3. The van der Waals surface area contributed by atoms with E-state index in [0.717, 1.165) is 24.1 Å². The number of carbonyl (C=O) groups is 1. The molecular formula is C29H33N3O. The monoisotopic (exact) mass is 439 g/mol. The Hall–Kier alpha value is -3.40. The highest BCUT2D eigenvalue weighted by Gasteiger charge is 2.48. The minimum atomic E-state index is -0.515. The van der Waals surface area contributed by atoms with Crippen molar-refractivity contribution in [3.05, 3.63) is 108 Å². The molecular weight excluding hydrogens is 406 g/mol. The lowest BCUT2D eigenvalue weighted by atomic mass is 9.78. The van der Waals surface area contributed by atoms with Gasteiger partial charge in [0.15, 0.2) is 0 Å². The lowest BCUT2D eigenvalue weighted by Gasteiger charge is -2.37. The molecule has 1 heterocycles. The van der Waals surface area contributed by atoms with Crippen LogP contribution in [0, 0.1) is 0 Å². The molecule has 0 aromatic heterocycles. The van der Waals surface area contributed by atoms with Crippen molar-refractivity contribution >= 4 is 11.7 Å². The first-order chi connectivity index (χ1) is 15.8. The second-order valence-electron chi connectivity index (χ2n) is 9.81. The minimum absolute atomic E-state index is 0.0352. The highest BCUT2D eigenvalue weighted by molar-refractivity contribution is 5.96. The molecule has 2 amide bonds. The van der Waals surface area contributed by atoms with Crippen LogP contribution >= 0.6 is 0 Å². The average Bonchev–Trinajstić information content (AvgIpc) is 3.09. The van der Waals surface area contributed by atoms with Crippen molar-refractivity contribution in [3.63, 3.8) is 0 Å². The fourth-order valence-corrected chi connectivity index (χ4v) is 4.76. The third-order valence-electron chi connectivity index (χ3n) is 6.57. The van der Waals surface area contributed by atoms with E-state index < -0.39 is 11.1 Å². The first-order valence-corrected chi connectivity index (χ1v) is 11.6. The Morgan fingerprint density at radius 1 is 0.879 bits per heavy atom. The Morgan fingerprint density at radius 3 is 2.03 bits per heavy atom. The molecule has 4 nitrogen and oxygen atoms in total. The number of hydrogen-bond acceptors (Lipinski definition) is 2. The Morgan fingerprint density at radius 2 is 1.42 bits per heavy atom. The number of aryl methyl sites for hydroxylation is 1. The predicted octanol–water partition coefficient (Wildman–Crippen LogP) is 6.50. The Balaban J connectivity index is 1.62. The van der Waals surface area contributed by atoms with Crippen LogP contribution in [0.1, 0.15) is 56.7 Å². The molecule has 170 valence electrons. The molecule has 1 unspecified atom stereocenters. The summed E-state index contributed by atoms with van der Waals surface area (Å²) in [7, 11) is 0. The normalized spacial score (nSPS) is 17.5. The molecule has 0 bridgehead atoms. The maximum absolute atomic E-state index is 13.6. The molecule has 1 aliphatic rings. The molecule has 4 heteroatoms.